The number of nitrogens with one attached hydrogen (secondary N) is 2. The fourth-order valence-electron chi connectivity index (χ4n) is 3.28. The second-order valence-corrected chi connectivity index (χ2v) is 8.07. The summed E-state index contributed by atoms with van der Waals surface area (Å²) < 4.78 is 30.3. The van der Waals surface area contributed by atoms with Crippen LogP contribution in [0.1, 0.15) is 19.4 Å². The minimum Gasteiger partial charge on any atom is -0.494 e. The maximum Gasteiger partial charge on any atom is 0.266 e. The van der Waals surface area contributed by atoms with Crippen LogP contribution in [0.3, 0.4) is 0 Å². The molecular formula is C28H25ClFN3O5. The first-order chi connectivity index (χ1) is 18.3. The Morgan fingerprint density at radius 2 is 1.71 bits per heavy atom. The lowest BCUT2D eigenvalue weighted by molar-refractivity contribution is -0.118. The van der Waals surface area contributed by atoms with Crippen molar-refractivity contribution in [2.24, 2.45) is 0 Å². The Labute approximate surface area is 224 Å². The highest BCUT2D eigenvalue weighted by Gasteiger charge is 2.16. The summed E-state index contributed by atoms with van der Waals surface area (Å²) in [5, 5.41) is 14.7. The number of para-hydroxylation sites is 1. The Hall–Kier alpha value is -4.55. The van der Waals surface area contributed by atoms with Crippen LogP contribution in [0.2, 0.25) is 5.02 Å². The molecule has 0 saturated carbocycles. The van der Waals surface area contributed by atoms with E-state index in [2.05, 4.69) is 10.6 Å². The summed E-state index contributed by atoms with van der Waals surface area (Å²) in [4.78, 5) is 24.9. The van der Waals surface area contributed by atoms with E-state index in [4.69, 9.17) is 25.8 Å². The number of hydrogen-bond acceptors (Lipinski definition) is 6. The maximum absolute atomic E-state index is 13.8. The van der Waals surface area contributed by atoms with E-state index in [1.807, 2.05) is 13.0 Å². The lowest BCUT2D eigenvalue weighted by Gasteiger charge is -2.15. The van der Waals surface area contributed by atoms with Gasteiger partial charge in [0.15, 0.2) is 18.1 Å². The molecule has 8 nitrogen and oxygen atoms in total. The fraction of sp³-hybridized carbons (Fsp3) is 0.179. The van der Waals surface area contributed by atoms with Crippen LogP contribution in [0.25, 0.3) is 6.08 Å². The molecule has 0 aromatic heterocycles. The summed E-state index contributed by atoms with van der Waals surface area (Å²) in [5.41, 5.74) is 0.741. The quantitative estimate of drug-likeness (QED) is 0.235. The number of nitrogens with zero attached hydrogens (tertiary/aromatic N) is 1. The van der Waals surface area contributed by atoms with E-state index >= 15 is 0 Å². The van der Waals surface area contributed by atoms with Crippen LogP contribution in [-0.2, 0) is 9.59 Å². The van der Waals surface area contributed by atoms with Gasteiger partial charge in [-0.15, -0.1) is 0 Å². The van der Waals surface area contributed by atoms with Crippen molar-refractivity contribution in [2.75, 3.05) is 30.5 Å². The van der Waals surface area contributed by atoms with E-state index in [0.29, 0.717) is 23.6 Å². The lowest BCUT2D eigenvalue weighted by Crippen LogP contribution is -2.21. The maximum atomic E-state index is 13.8. The van der Waals surface area contributed by atoms with Crippen molar-refractivity contribution >= 4 is 40.9 Å². The number of anilines is 2. The Kier molecular flexibility index (Phi) is 10.1. The van der Waals surface area contributed by atoms with Gasteiger partial charge in [-0.1, -0.05) is 23.7 Å². The standard InChI is InChI=1S/C28H25ClFN3O5/c1-3-36-21-11-9-20(10-12-21)32-28(35)19(16-31)13-18-14-22(29)27(25(15-18)37-4-2)38-17-26(34)33-24-8-6-5-7-23(24)30/h5-15H,3-4,17H2,1-2H3,(H,32,35)(H,33,34)/b19-13+. The van der Waals surface area contributed by atoms with Crippen LogP contribution in [0, 0.1) is 17.1 Å². The van der Waals surface area contributed by atoms with Crippen LogP contribution >= 0.6 is 11.6 Å². The number of benzene rings is 3. The number of carbonyl (C=O) groups is 2. The summed E-state index contributed by atoms with van der Waals surface area (Å²) in [5.74, 6) is -0.844. The molecule has 0 bridgehead atoms. The minimum atomic E-state index is -0.615. The molecule has 3 aromatic rings. The summed E-state index contributed by atoms with van der Waals surface area (Å²) in [7, 11) is 0. The van der Waals surface area contributed by atoms with E-state index in [-0.39, 0.29) is 34.4 Å². The zero-order valence-electron chi connectivity index (χ0n) is 20.7. The number of rotatable bonds is 11. The largest absolute Gasteiger partial charge is 0.494 e. The van der Waals surface area contributed by atoms with Gasteiger partial charge in [-0.05, 0) is 74.0 Å². The fourth-order valence-corrected chi connectivity index (χ4v) is 3.55. The van der Waals surface area contributed by atoms with E-state index in [1.165, 1.54) is 36.4 Å². The van der Waals surface area contributed by atoms with Crippen molar-refractivity contribution in [3.63, 3.8) is 0 Å². The predicted molar refractivity (Wildman–Crippen MR) is 143 cm³/mol. The van der Waals surface area contributed by atoms with E-state index in [1.54, 1.807) is 37.3 Å². The monoisotopic (exact) mass is 537 g/mol. The molecule has 0 aliphatic rings. The molecule has 0 unspecified atom stereocenters. The smallest absolute Gasteiger partial charge is 0.266 e. The first kappa shape index (κ1) is 28.0. The molecule has 10 heteroatoms. The van der Waals surface area contributed by atoms with Gasteiger partial charge < -0.3 is 24.8 Å². The molecule has 38 heavy (non-hydrogen) atoms. The molecular weight excluding hydrogens is 513 g/mol. The summed E-state index contributed by atoms with van der Waals surface area (Å²) in [6, 6.07) is 17.4. The molecule has 0 saturated heterocycles. The third kappa shape index (κ3) is 7.72. The van der Waals surface area contributed by atoms with E-state index in [0.717, 1.165) is 0 Å². The number of ether oxygens (including phenoxy) is 3. The Balaban J connectivity index is 1.75. The first-order valence-corrected chi connectivity index (χ1v) is 12.0. The Morgan fingerprint density at radius 3 is 2.37 bits per heavy atom. The average molecular weight is 538 g/mol. The average Bonchev–Trinajstić information content (AvgIpc) is 2.89. The third-order valence-corrected chi connectivity index (χ3v) is 5.21. The van der Waals surface area contributed by atoms with Crippen molar-refractivity contribution < 1.29 is 28.2 Å². The van der Waals surface area contributed by atoms with Crippen LogP contribution in [-0.4, -0.2) is 31.6 Å². The van der Waals surface area contributed by atoms with Gasteiger partial charge in [0.25, 0.3) is 11.8 Å². The van der Waals surface area contributed by atoms with Gasteiger partial charge in [0.1, 0.15) is 23.2 Å². The summed E-state index contributed by atoms with van der Waals surface area (Å²) >= 11 is 6.39. The van der Waals surface area contributed by atoms with Crippen molar-refractivity contribution in [3.05, 3.63) is 82.6 Å². The number of amides is 2. The summed E-state index contributed by atoms with van der Waals surface area (Å²) in [6.07, 6.45) is 1.35. The van der Waals surface area contributed by atoms with Crippen molar-refractivity contribution in [1.82, 2.24) is 0 Å². The van der Waals surface area contributed by atoms with Gasteiger partial charge in [0.05, 0.1) is 23.9 Å². The van der Waals surface area contributed by atoms with Crippen molar-refractivity contribution in [2.45, 2.75) is 13.8 Å². The molecule has 0 heterocycles. The lowest BCUT2D eigenvalue weighted by atomic mass is 10.1. The van der Waals surface area contributed by atoms with Crippen LogP contribution in [0.4, 0.5) is 15.8 Å². The minimum absolute atomic E-state index is 0.0188. The number of halogens is 2. The number of hydrogen-bond donors (Lipinski definition) is 2. The van der Waals surface area contributed by atoms with Gasteiger partial charge in [-0.3, -0.25) is 9.59 Å². The SMILES string of the molecule is CCOc1ccc(NC(=O)/C(C#N)=C/c2cc(Cl)c(OCC(=O)Nc3ccccc3F)c(OCC)c2)cc1. The van der Waals surface area contributed by atoms with Crippen LogP contribution in [0.15, 0.2) is 66.2 Å². The normalized spacial score (nSPS) is 10.8. The van der Waals surface area contributed by atoms with Crippen LogP contribution < -0.4 is 24.8 Å². The molecule has 0 fully saturated rings. The molecule has 3 aromatic carbocycles. The van der Waals surface area contributed by atoms with Crippen molar-refractivity contribution in [3.8, 4) is 23.3 Å². The molecule has 196 valence electrons. The van der Waals surface area contributed by atoms with Gasteiger partial charge >= 0.3 is 0 Å². The highest BCUT2D eigenvalue weighted by atomic mass is 35.5. The molecule has 2 amide bonds. The molecule has 0 radical (unpaired) electrons. The van der Waals surface area contributed by atoms with Gasteiger partial charge in [-0.2, -0.15) is 5.26 Å². The molecule has 0 aliphatic carbocycles. The second kappa shape index (κ2) is 13.7. The first-order valence-electron chi connectivity index (χ1n) is 11.6. The predicted octanol–water partition coefficient (Wildman–Crippen LogP) is 5.84. The van der Waals surface area contributed by atoms with E-state index < -0.39 is 24.2 Å². The van der Waals surface area contributed by atoms with Gasteiger partial charge in [0.2, 0.25) is 0 Å². The van der Waals surface area contributed by atoms with Crippen LogP contribution in [0.5, 0.6) is 17.2 Å². The highest BCUT2D eigenvalue weighted by Crippen LogP contribution is 2.37. The third-order valence-electron chi connectivity index (χ3n) is 4.93. The van der Waals surface area contributed by atoms with Gasteiger partial charge in [-0.25, -0.2) is 4.39 Å². The molecule has 2 N–H and O–H groups in total. The number of carbonyl (C=O) groups excluding carboxylic acids is 2. The topological polar surface area (TPSA) is 110 Å². The number of nitriles is 1. The summed E-state index contributed by atoms with van der Waals surface area (Å²) in [6.45, 7) is 3.93. The highest BCUT2D eigenvalue weighted by molar-refractivity contribution is 6.32. The van der Waals surface area contributed by atoms with Gasteiger partial charge in [0, 0.05) is 5.69 Å². The zero-order valence-corrected chi connectivity index (χ0v) is 21.5. The van der Waals surface area contributed by atoms with Crippen molar-refractivity contribution in [1.29, 1.82) is 5.26 Å². The molecule has 0 aliphatic heterocycles. The van der Waals surface area contributed by atoms with E-state index in [9.17, 15) is 19.2 Å². The molecule has 0 atom stereocenters. The zero-order chi connectivity index (χ0) is 27.5. The molecule has 3 rings (SSSR count). The molecule has 0 spiro atoms. The Morgan fingerprint density at radius 1 is 1.00 bits per heavy atom. The Bertz CT molecular complexity index is 1370. The second-order valence-electron chi connectivity index (χ2n) is 7.66.